The van der Waals surface area contributed by atoms with Crippen molar-refractivity contribution in [3.63, 3.8) is 0 Å². The van der Waals surface area contributed by atoms with Gasteiger partial charge in [0.25, 0.3) is 5.91 Å². The molecule has 0 saturated carbocycles. The topological polar surface area (TPSA) is 76.4 Å². The van der Waals surface area contributed by atoms with Gasteiger partial charge in [0.1, 0.15) is 0 Å². The van der Waals surface area contributed by atoms with Crippen LogP contribution in [0.3, 0.4) is 0 Å². The second-order valence-electron chi connectivity index (χ2n) is 7.60. The lowest BCUT2D eigenvalue weighted by atomic mass is 10.1. The number of nitrogens with zero attached hydrogens (tertiary/aromatic N) is 6. The number of carbonyl (C=O) groups is 1. The number of amides is 1. The van der Waals surface area contributed by atoms with Crippen molar-refractivity contribution in [1.29, 1.82) is 0 Å². The van der Waals surface area contributed by atoms with E-state index in [1.165, 1.54) is 5.56 Å². The highest BCUT2D eigenvalue weighted by Gasteiger charge is 2.26. The Balaban J connectivity index is 1.46. The Morgan fingerprint density at radius 2 is 1.84 bits per heavy atom. The lowest BCUT2D eigenvalue weighted by molar-refractivity contribution is 0.0745. The number of hydrogen-bond donors (Lipinski definition) is 0. The number of benzene rings is 1. The molecule has 1 aliphatic rings. The standard InChI is InChI=1S/C23H28N6O2/c1-3-7-20-19(14-25-29(20)17-18-8-5-4-6-9-18)23(30)28-12-10-27(11-13-28)21-15-24-16-22(26-21)31-2/h4-6,8-9,14-16H,3,7,10-13,17H2,1-2H3. The highest BCUT2D eigenvalue weighted by Crippen LogP contribution is 2.19. The van der Waals surface area contributed by atoms with E-state index in [0.29, 0.717) is 44.2 Å². The van der Waals surface area contributed by atoms with Crippen molar-refractivity contribution < 1.29 is 9.53 Å². The fraction of sp³-hybridized carbons (Fsp3) is 0.391. The zero-order valence-electron chi connectivity index (χ0n) is 18.1. The summed E-state index contributed by atoms with van der Waals surface area (Å²) in [4.78, 5) is 26.0. The molecule has 0 atom stereocenters. The first-order chi connectivity index (χ1) is 15.2. The van der Waals surface area contributed by atoms with E-state index in [1.807, 2.05) is 27.8 Å². The zero-order valence-corrected chi connectivity index (χ0v) is 18.1. The molecule has 4 rings (SSSR count). The van der Waals surface area contributed by atoms with E-state index in [2.05, 4.69) is 39.0 Å². The molecule has 8 heteroatoms. The van der Waals surface area contributed by atoms with E-state index in [-0.39, 0.29) is 5.91 Å². The van der Waals surface area contributed by atoms with Gasteiger partial charge in [0.15, 0.2) is 5.82 Å². The molecule has 0 bridgehead atoms. The predicted molar refractivity (Wildman–Crippen MR) is 118 cm³/mol. The van der Waals surface area contributed by atoms with Crippen molar-refractivity contribution in [2.45, 2.75) is 26.3 Å². The molecule has 1 aromatic carbocycles. The minimum Gasteiger partial charge on any atom is -0.480 e. The van der Waals surface area contributed by atoms with Crippen LogP contribution in [0.25, 0.3) is 0 Å². The Morgan fingerprint density at radius 3 is 2.55 bits per heavy atom. The minimum absolute atomic E-state index is 0.0548. The second-order valence-corrected chi connectivity index (χ2v) is 7.60. The number of rotatable bonds is 7. The summed E-state index contributed by atoms with van der Waals surface area (Å²) in [7, 11) is 1.58. The van der Waals surface area contributed by atoms with Crippen molar-refractivity contribution in [3.05, 3.63) is 65.7 Å². The Labute approximate surface area is 182 Å². The van der Waals surface area contributed by atoms with Crippen LogP contribution >= 0.6 is 0 Å². The van der Waals surface area contributed by atoms with Crippen molar-refractivity contribution in [1.82, 2.24) is 24.6 Å². The summed E-state index contributed by atoms with van der Waals surface area (Å²) in [5, 5.41) is 4.55. The van der Waals surface area contributed by atoms with Crippen molar-refractivity contribution in [3.8, 4) is 5.88 Å². The van der Waals surface area contributed by atoms with E-state index in [0.717, 1.165) is 24.4 Å². The number of anilines is 1. The van der Waals surface area contributed by atoms with Crippen LogP contribution in [0.4, 0.5) is 5.82 Å². The van der Waals surface area contributed by atoms with Gasteiger partial charge in [-0.15, -0.1) is 0 Å². The molecule has 1 amide bonds. The number of ether oxygens (including phenoxy) is 1. The summed E-state index contributed by atoms with van der Waals surface area (Å²) >= 11 is 0. The van der Waals surface area contributed by atoms with Crippen molar-refractivity contribution in [2.24, 2.45) is 0 Å². The van der Waals surface area contributed by atoms with Crippen LogP contribution in [0.5, 0.6) is 5.88 Å². The molecule has 1 saturated heterocycles. The number of piperazine rings is 1. The largest absolute Gasteiger partial charge is 0.480 e. The van der Waals surface area contributed by atoms with Gasteiger partial charge in [-0.1, -0.05) is 43.7 Å². The molecule has 3 heterocycles. The minimum atomic E-state index is 0.0548. The van der Waals surface area contributed by atoms with E-state index >= 15 is 0 Å². The average molecular weight is 421 g/mol. The Hall–Kier alpha value is -3.42. The van der Waals surface area contributed by atoms with Crippen molar-refractivity contribution >= 4 is 11.7 Å². The van der Waals surface area contributed by atoms with Crippen LogP contribution in [-0.2, 0) is 13.0 Å². The predicted octanol–water partition coefficient (Wildman–Crippen LogP) is 2.64. The number of carbonyl (C=O) groups excluding carboxylic acids is 1. The van der Waals surface area contributed by atoms with Gasteiger partial charge >= 0.3 is 0 Å². The highest BCUT2D eigenvalue weighted by molar-refractivity contribution is 5.95. The fourth-order valence-electron chi connectivity index (χ4n) is 3.88. The van der Waals surface area contributed by atoms with E-state index in [4.69, 9.17) is 4.74 Å². The van der Waals surface area contributed by atoms with Gasteiger partial charge in [0.05, 0.1) is 43.5 Å². The molecular weight excluding hydrogens is 392 g/mol. The SMILES string of the molecule is CCCc1c(C(=O)N2CCN(c3cncc(OC)n3)CC2)cnn1Cc1ccccc1. The normalized spacial score (nSPS) is 14.0. The van der Waals surface area contributed by atoms with E-state index < -0.39 is 0 Å². The molecule has 0 aliphatic carbocycles. The molecule has 1 aliphatic heterocycles. The third-order valence-corrected chi connectivity index (χ3v) is 5.54. The molecular formula is C23H28N6O2. The summed E-state index contributed by atoms with van der Waals surface area (Å²) in [6.07, 6.45) is 6.84. The maximum atomic E-state index is 13.3. The lowest BCUT2D eigenvalue weighted by Crippen LogP contribution is -2.49. The third-order valence-electron chi connectivity index (χ3n) is 5.54. The molecule has 3 aromatic rings. The summed E-state index contributed by atoms with van der Waals surface area (Å²) in [6, 6.07) is 10.2. The van der Waals surface area contributed by atoms with E-state index in [9.17, 15) is 4.79 Å². The summed E-state index contributed by atoms with van der Waals surface area (Å²) in [5.41, 5.74) is 2.90. The van der Waals surface area contributed by atoms with Gasteiger partial charge in [0.2, 0.25) is 5.88 Å². The lowest BCUT2D eigenvalue weighted by Gasteiger charge is -2.35. The maximum absolute atomic E-state index is 13.3. The molecule has 0 spiro atoms. The van der Waals surface area contributed by atoms with Gasteiger partial charge in [-0.3, -0.25) is 14.5 Å². The van der Waals surface area contributed by atoms with Gasteiger partial charge in [0, 0.05) is 26.2 Å². The van der Waals surface area contributed by atoms with Crippen LogP contribution in [-0.4, -0.2) is 63.8 Å². The van der Waals surface area contributed by atoms with Crippen LogP contribution in [0, 0.1) is 0 Å². The average Bonchev–Trinajstić information content (AvgIpc) is 3.21. The van der Waals surface area contributed by atoms with Gasteiger partial charge < -0.3 is 14.5 Å². The molecule has 8 nitrogen and oxygen atoms in total. The summed E-state index contributed by atoms with van der Waals surface area (Å²) in [5.74, 6) is 1.32. The smallest absolute Gasteiger partial charge is 0.257 e. The second kappa shape index (κ2) is 9.59. The number of aromatic nitrogens is 4. The number of methoxy groups -OCH3 is 1. The number of hydrogen-bond acceptors (Lipinski definition) is 6. The van der Waals surface area contributed by atoms with Crippen LogP contribution in [0.15, 0.2) is 48.9 Å². The monoisotopic (exact) mass is 420 g/mol. The fourth-order valence-corrected chi connectivity index (χ4v) is 3.88. The molecule has 0 unspecified atom stereocenters. The molecule has 0 N–H and O–H groups in total. The third kappa shape index (κ3) is 4.68. The van der Waals surface area contributed by atoms with Gasteiger partial charge in [-0.05, 0) is 12.0 Å². The van der Waals surface area contributed by atoms with Crippen molar-refractivity contribution in [2.75, 3.05) is 38.2 Å². The summed E-state index contributed by atoms with van der Waals surface area (Å²) in [6.45, 7) is 5.47. The first kappa shape index (κ1) is 20.8. The Bertz CT molecular complexity index is 1010. The quantitative estimate of drug-likeness (QED) is 0.585. The van der Waals surface area contributed by atoms with Gasteiger partial charge in [-0.25, -0.2) is 0 Å². The van der Waals surface area contributed by atoms with Crippen LogP contribution in [0.2, 0.25) is 0 Å². The molecule has 2 aromatic heterocycles. The molecule has 31 heavy (non-hydrogen) atoms. The molecule has 1 fully saturated rings. The van der Waals surface area contributed by atoms with Crippen LogP contribution < -0.4 is 9.64 Å². The summed E-state index contributed by atoms with van der Waals surface area (Å²) < 4.78 is 7.14. The zero-order chi connectivity index (χ0) is 21.6. The first-order valence-corrected chi connectivity index (χ1v) is 10.7. The van der Waals surface area contributed by atoms with Crippen LogP contribution in [0.1, 0.15) is 35.0 Å². The molecule has 0 radical (unpaired) electrons. The molecule has 162 valence electrons. The Kier molecular flexibility index (Phi) is 6.45. The van der Waals surface area contributed by atoms with E-state index in [1.54, 1.807) is 25.7 Å². The highest BCUT2D eigenvalue weighted by atomic mass is 16.5. The maximum Gasteiger partial charge on any atom is 0.257 e. The van der Waals surface area contributed by atoms with Gasteiger partial charge in [-0.2, -0.15) is 10.1 Å². The Morgan fingerprint density at radius 1 is 1.06 bits per heavy atom. The first-order valence-electron chi connectivity index (χ1n) is 10.7.